The standard InChI is InChI=1S/C16H22N4O4/c17-16(18)19-6-1-2-8-24-12-3-4-13-11(9-12)5-7-20(15(13)23)10-14(21)22/h3-4,9H,1-2,5-8,10H2,(H,21,22)(H4,17,18,19). The summed E-state index contributed by atoms with van der Waals surface area (Å²) in [4.78, 5) is 28.3. The van der Waals surface area contributed by atoms with E-state index in [2.05, 4.69) is 4.99 Å². The van der Waals surface area contributed by atoms with E-state index in [0.29, 0.717) is 37.4 Å². The summed E-state index contributed by atoms with van der Waals surface area (Å²) in [5.74, 6) is -0.461. The highest BCUT2D eigenvalue weighted by atomic mass is 16.5. The first-order valence-electron chi connectivity index (χ1n) is 7.79. The van der Waals surface area contributed by atoms with Gasteiger partial charge in [-0.1, -0.05) is 0 Å². The van der Waals surface area contributed by atoms with Gasteiger partial charge in [-0.2, -0.15) is 0 Å². The second kappa shape index (κ2) is 8.19. The molecule has 8 heteroatoms. The fourth-order valence-corrected chi connectivity index (χ4v) is 2.53. The van der Waals surface area contributed by atoms with Gasteiger partial charge in [0.15, 0.2) is 5.96 Å². The lowest BCUT2D eigenvalue weighted by atomic mass is 9.98. The molecule has 5 N–H and O–H groups in total. The third-order valence-corrected chi connectivity index (χ3v) is 3.69. The Labute approximate surface area is 140 Å². The van der Waals surface area contributed by atoms with Gasteiger partial charge in [-0.15, -0.1) is 0 Å². The number of amides is 1. The van der Waals surface area contributed by atoms with Crippen molar-refractivity contribution < 1.29 is 19.4 Å². The molecule has 0 saturated heterocycles. The van der Waals surface area contributed by atoms with Crippen LogP contribution in [-0.4, -0.2) is 54.1 Å². The Hall–Kier alpha value is -2.77. The quantitative estimate of drug-likeness (QED) is 0.353. The molecule has 1 amide bonds. The van der Waals surface area contributed by atoms with Gasteiger partial charge in [-0.25, -0.2) is 0 Å². The number of aliphatic carboxylic acids is 1. The lowest BCUT2D eigenvalue weighted by molar-refractivity contribution is -0.137. The second-order valence-corrected chi connectivity index (χ2v) is 5.55. The summed E-state index contributed by atoms with van der Waals surface area (Å²) in [7, 11) is 0. The van der Waals surface area contributed by atoms with Crippen molar-refractivity contribution in [2.75, 3.05) is 26.2 Å². The van der Waals surface area contributed by atoms with E-state index in [4.69, 9.17) is 21.3 Å². The van der Waals surface area contributed by atoms with Crippen molar-refractivity contribution in [3.8, 4) is 5.75 Å². The third-order valence-electron chi connectivity index (χ3n) is 3.69. The Morgan fingerprint density at radius 1 is 1.33 bits per heavy atom. The number of hydrogen-bond donors (Lipinski definition) is 3. The molecular weight excluding hydrogens is 312 g/mol. The highest BCUT2D eigenvalue weighted by molar-refractivity contribution is 5.98. The van der Waals surface area contributed by atoms with Crippen molar-refractivity contribution in [2.45, 2.75) is 19.3 Å². The smallest absolute Gasteiger partial charge is 0.323 e. The molecule has 0 bridgehead atoms. The van der Waals surface area contributed by atoms with Crippen molar-refractivity contribution in [2.24, 2.45) is 16.5 Å². The van der Waals surface area contributed by atoms with Gasteiger partial charge in [-0.05, 0) is 43.0 Å². The average Bonchev–Trinajstić information content (AvgIpc) is 2.53. The van der Waals surface area contributed by atoms with Gasteiger partial charge in [-0.3, -0.25) is 14.6 Å². The van der Waals surface area contributed by atoms with Crippen LogP contribution in [0.1, 0.15) is 28.8 Å². The van der Waals surface area contributed by atoms with Crippen LogP contribution in [-0.2, 0) is 11.2 Å². The molecule has 0 atom stereocenters. The first kappa shape index (κ1) is 17.6. The molecule has 0 spiro atoms. The molecule has 2 rings (SSSR count). The molecule has 0 aromatic heterocycles. The largest absolute Gasteiger partial charge is 0.494 e. The number of guanidine groups is 1. The summed E-state index contributed by atoms with van der Waals surface area (Å²) in [6, 6.07) is 5.28. The van der Waals surface area contributed by atoms with Crippen LogP contribution in [0.25, 0.3) is 0 Å². The van der Waals surface area contributed by atoms with Crippen LogP contribution < -0.4 is 16.2 Å². The number of benzene rings is 1. The molecule has 0 saturated carbocycles. The van der Waals surface area contributed by atoms with E-state index in [9.17, 15) is 9.59 Å². The van der Waals surface area contributed by atoms with E-state index in [0.717, 1.165) is 18.4 Å². The van der Waals surface area contributed by atoms with Crippen LogP contribution in [0.15, 0.2) is 23.2 Å². The number of nitrogens with zero attached hydrogens (tertiary/aromatic N) is 2. The Balaban J connectivity index is 1.87. The summed E-state index contributed by atoms with van der Waals surface area (Å²) >= 11 is 0. The second-order valence-electron chi connectivity index (χ2n) is 5.55. The van der Waals surface area contributed by atoms with Crippen LogP contribution in [0.3, 0.4) is 0 Å². The summed E-state index contributed by atoms with van der Waals surface area (Å²) in [6.07, 6.45) is 2.26. The first-order chi connectivity index (χ1) is 11.5. The minimum Gasteiger partial charge on any atom is -0.494 e. The predicted molar refractivity (Wildman–Crippen MR) is 89.1 cm³/mol. The zero-order valence-electron chi connectivity index (χ0n) is 13.4. The number of fused-ring (bicyclic) bond motifs is 1. The summed E-state index contributed by atoms with van der Waals surface area (Å²) < 4.78 is 5.68. The molecule has 0 radical (unpaired) electrons. The SMILES string of the molecule is NC(N)=NCCCCOc1ccc2c(c1)CCN(CC(=O)O)C2=O. The Morgan fingerprint density at radius 2 is 2.12 bits per heavy atom. The number of hydrogen-bond acceptors (Lipinski definition) is 4. The van der Waals surface area contributed by atoms with Crippen molar-refractivity contribution in [3.63, 3.8) is 0 Å². The number of unbranched alkanes of at least 4 members (excludes halogenated alkanes) is 1. The van der Waals surface area contributed by atoms with Crippen LogP contribution in [0.5, 0.6) is 5.75 Å². The summed E-state index contributed by atoms with van der Waals surface area (Å²) in [6.45, 7) is 1.24. The first-order valence-corrected chi connectivity index (χ1v) is 7.79. The van der Waals surface area contributed by atoms with Crippen molar-refractivity contribution in [1.29, 1.82) is 0 Å². The number of carbonyl (C=O) groups excluding carboxylic acids is 1. The number of ether oxygens (including phenoxy) is 1. The van der Waals surface area contributed by atoms with Crippen molar-refractivity contribution in [3.05, 3.63) is 29.3 Å². The zero-order chi connectivity index (χ0) is 17.5. The number of carbonyl (C=O) groups is 2. The minimum absolute atomic E-state index is 0.0900. The summed E-state index contributed by atoms with van der Waals surface area (Å²) in [5, 5.41) is 8.83. The van der Waals surface area contributed by atoms with E-state index in [1.807, 2.05) is 6.07 Å². The van der Waals surface area contributed by atoms with E-state index in [-0.39, 0.29) is 18.4 Å². The van der Waals surface area contributed by atoms with Gasteiger partial charge in [0.2, 0.25) is 0 Å². The van der Waals surface area contributed by atoms with Crippen LogP contribution >= 0.6 is 0 Å². The van der Waals surface area contributed by atoms with Crippen LogP contribution in [0, 0.1) is 0 Å². The molecular formula is C16H22N4O4. The Morgan fingerprint density at radius 3 is 2.83 bits per heavy atom. The Kier molecular flexibility index (Phi) is 6.00. The molecule has 130 valence electrons. The van der Waals surface area contributed by atoms with Crippen molar-refractivity contribution in [1.82, 2.24) is 4.90 Å². The fraction of sp³-hybridized carbons (Fsp3) is 0.438. The van der Waals surface area contributed by atoms with Gasteiger partial charge in [0.05, 0.1) is 6.61 Å². The highest BCUT2D eigenvalue weighted by Gasteiger charge is 2.25. The maximum atomic E-state index is 12.2. The van der Waals surface area contributed by atoms with Crippen LogP contribution in [0.2, 0.25) is 0 Å². The molecule has 8 nitrogen and oxygen atoms in total. The minimum atomic E-state index is -1.01. The van der Waals surface area contributed by atoms with Gasteiger partial charge in [0.25, 0.3) is 5.91 Å². The summed E-state index contributed by atoms with van der Waals surface area (Å²) in [5.41, 5.74) is 11.9. The average molecular weight is 334 g/mol. The highest BCUT2D eigenvalue weighted by Crippen LogP contribution is 2.24. The maximum absolute atomic E-state index is 12.2. The fourth-order valence-electron chi connectivity index (χ4n) is 2.53. The van der Waals surface area contributed by atoms with E-state index in [1.54, 1.807) is 12.1 Å². The molecule has 1 aliphatic heterocycles. The Bertz CT molecular complexity index is 641. The monoisotopic (exact) mass is 334 g/mol. The van der Waals surface area contributed by atoms with Gasteiger partial charge in [0, 0.05) is 18.7 Å². The number of rotatable bonds is 8. The number of carboxylic acid groups (broad SMARTS) is 1. The molecule has 1 aliphatic rings. The lowest BCUT2D eigenvalue weighted by Crippen LogP contribution is -2.40. The van der Waals surface area contributed by atoms with E-state index >= 15 is 0 Å². The number of aliphatic imine (C=N–C) groups is 1. The molecule has 1 aromatic carbocycles. The third kappa shape index (κ3) is 4.87. The molecule has 0 unspecified atom stereocenters. The topological polar surface area (TPSA) is 131 Å². The molecule has 0 fully saturated rings. The molecule has 0 aliphatic carbocycles. The molecule has 1 aromatic rings. The molecule has 24 heavy (non-hydrogen) atoms. The van der Waals surface area contributed by atoms with E-state index in [1.165, 1.54) is 4.90 Å². The maximum Gasteiger partial charge on any atom is 0.323 e. The van der Waals surface area contributed by atoms with Crippen molar-refractivity contribution >= 4 is 17.8 Å². The molecule has 1 heterocycles. The van der Waals surface area contributed by atoms with Gasteiger partial charge in [0.1, 0.15) is 12.3 Å². The zero-order valence-corrected chi connectivity index (χ0v) is 13.4. The lowest BCUT2D eigenvalue weighted by Gasteiger charge is -2.27. The normalized spacial score (nSPS) is 13.3. The van der Waals surface area contributed by atoms with Gasteiger partial charge < -0.3 is 26.2 Å². The van der Waals surface area contributed by atoms with Crippen LogP contribution in [0.4, 0.5) is 0 Å². The predicted octanol–water partition coefficient (Wildman–Crippen LogP) is 0.202. The van der Waals surface area contributed by atoms with E-state index < -0.39 is 5.97 Å². The number of nitrogens with two attached hydrogens (primary N) is 2. The number of carboxylic acids is 1. The van der Waals surface area contributed by atoms with Gasteiger partial charge >= 0.3 is 5.97 Å².